The zero-order valence-corrected chi connectivity index (χ0v) is 14.5. The third-order valence-electron chi connectivity index (χ3n) is 2.21. The molecule has 22 heavy (non-hydrogen) atoms. The molecular weight excluding hydrogens is 448 g/mol. The van der Waals surface area contributed by atoms with Gasteiger partial charge in [-0.25, -0.2) is 0 Å². The quantitative estimate of drug-likeness (QED) is 0.421. The van der Waals surface area contributed by atoms with Crippen molar-refractivity contribution >= 4 is 41.0 Å². The van der Waals surface area contributed by atoms with Gasteiger partial charge in [-0.2, -0.15) is 0 Å². The first-order valence-electron chi connectivity index (χ1n) is 5.27. The molecular formula is C13H9AgCl3NO4. The minimum absolute atomic E-state index is 0. The van der Waals surface area contributed by atoms with Gasteiger partial charge in [0, 0.05) is 10.0 Å². The van der Waals surface area contributed by atoms with Gasteiger partial charge in [0.2, 0.25) is 0 Å². The maximum Gasteiger partial charge on any atom is 1.00 e. The molecule has 2 aromatic carbocycles. The average molecular weight is 457 g/mol. The fourth-order valence-electron chi connectivity index (χ4n) is 1.41. The molecule has 2 rings (SSSR count). The molecule has 5 nitrogen and oxygen atoms in total. The summed E-state index contributed by atoms with van der Waals surface area (Å²) < 4.78 is 9.97. The second kappa shape index (κ2) is 9.27. The summed E-state index contributed by atoms with van der Waals surface area (Å²) >= 11 is 17.5. The molecule has 0 aliphatic rings. The Labute approximate surface area is 157 Å². The largest absolute Gasteiger partial charge is 1.00 e. The van der Waals surface area contributed by atoms with Crippen LogP contribution in [-0.4, -0.2) is 6.16 Å². The van der Waals surface area contributed by atoms with E-state index in [-0.39, 0.29) is 50.1 Å². The monoisotopic (exact) mass is 455 g/mol. The third-order valence-corrected chi connectivity index (χ3v) is 2.98. The van der Waals surface area contributed by atoms with Crippen molar-refractivity contribution in [3.05, 3.63) is 51.5 Å². The van der Waals surface area contributed by atoms with Crippen LogP contribution in [0.4, 0.5) is 4.79 Å². The molecule has 122 valence electrons. The second-order valence-corrected chi connectivity index (χ2v) is 4.90. The molecule has 9 heteroatoms. The first-order valence-corrected chi connectivity index (χ1v) is 6.40. The minimum atomic E-state index is -1.72. The van der Waals surface area contributed by atoms with E-state index in [1.807, 2.05) is 0 Å². The van der Waals surface area contributed by atoms with Gasteiger partial charge in [0.15, 0.2) is 5.75 Å². The van der Waals surface area contributed by atoms with Crippen molar-refractivity contribution in [3.63, 3.8) is 0 Å². The van der Waals surface area contributed by atoms with Gasteiger partial charge in [-0.05, 0) is 36.4 Å². The number of carbonyl (C=O) groups excluding carboxylic acids is 1. The number of ether oxygens (including phenoxy) is 2. The molecule has 0 atom stereocenters. The van der Waals surface area contributed by atoms with E-state index in [9.17, 15) is 9.90 Å². The van der Waals surface area contributed by atoms with Crippen molar-refractivity contribution in [2.75, 3.05) is 0 Å². The number of rotatable bonds is 3. The van der Waals surface area contributed by atoms with E-state index in [2.05, 4.69) is 4.74 Å². The van der Waals surface area contributed by atoms with Gasteiger partial charge in [-0.15, -0.1) is 0 Å². The molecule has 2 aromatic rings. The van der Waals surface area contributed by atoms with Crippen molar-refractivity contribution in [2.45, 2.75) is 0 Å². The number of hydrogen-bond donors (Lipinski definition) is 1. The summed E-state index contributed by atoms with van der Waals surface area (Å²) in [5.74, 6) is 0.327. The first-order chi connectivity index (χ1) is 9.45. The van der Waals surface area contributed by atoms with Crippen LogP contribution in [0.2, 0.25) is 15.1 Å². The maximum atomic E-state index is 10.5. The maximum absolute atomic E-state index is 10.5. The van der Waals surface area contributed by atoms with Crippen LogP contribution in [0.3, 0.4) is 0 Å². The number of hydrogen-bond acceptors (Lipinski definition) is 5. The van der Waals surface area contributed by atoms with Crippen molar-refractivity contribution in [2.24, 2.45) is 0 Å². The van der Waals surface area contributed by atoms with Crippen LogP contribution in [-0.2, 0) is 22.4 Å². The Morgan fingerprint density at radius 3 is 2.00 bits per heavy atom. The van der Waals surface area contributed by atoms with Gasteiger partial charge in [0.05, 0.1) is 10.8 Å². The topological polar surface area (TPSA) is 93.6 Å². The van der Waals surface area contributed by atoms with Crippen molar-refractivity contribution in [1.29, 1.82) is 0 Å². The predicted octanol–water partition coefficient (Wildman–Crippen LogP) is 4.32. The van der Waals surface area contributed by atoms with E-state index in [4.69, 9.17) is 39.5 Å². The predicted molar refractivity (Wildman–Crippen MR) is 79.0 cm³/mol. The van der Waals surface area contributed by atoms with E-state index in [1.165, 1.54) is 24.3 Å². The van der Waals surface area contributed by atoms with Crippen molar-refractivity contribution in [3.8, 4) is 17.2 Å². The minimum Gasteiger partial charge on any atom is -0.510 e. The van der Waals surface area contributed by atoms with E-state index < -0.39 is 6.16 Å². The fraction of sp³-hybridized carbons (Fsp3) is 0. The van der Waals surface area contributed by atoms with Gasteiger partial charge < -0.3 is 25.5 Å². The third kappa shape index (κ3) is 5.70. The fourth-order valence-corrected chi connectivity index (χ4v) is 2.02. The molecule has 0 fully saturated rings. The van der Waals surface area contributed by atoms with Crippen LogP contribution in [0.1, 0.15) is 0 Å². The Morgan fingerprint density at radius 2 is 1.45 bits per heavy atom. The second-order valence-electron chi connectivity index (χ2n) is 3.62. The molecule has 0 spiro atoms. The van der Waals surface area contributed by atoms with Crippen LogP contribution in [0, 0.1) is 0 Å². The summed E-state index contributed by atoms with van der Waals surface area (Å²) in [4.78, 5) is 10.5. The molecule has 0 radical (unpaired) electrons. The van der Waals surface area contributed by atoms with Crippen LogP contribution >= 0.6 is 34.8 Å². The Bertz CT molecular complexity index is 670. The Morgan fingerprint density at radius 1 is 0.909 bits per heavy atom. The van der Waals surface area contributed by atoms with E-state index in [0.717, 1.165) is 0 Å². The number of halogens is 3. The summed E-state index contributed by atoms with van der Waals surface area (Å²) in [5, 5.41) is 11.5. The molecule has 0 aliphatic carbocycles. The summed E-state index contributed by atoms with van der Waals surface area (Å²) in [7, 11) is 0. The average Bonchev–Trinajstić information content (AvgIpc) is 2.34. The van der Waals surface area contributed by atoms with Crippen molar-refractivity contribution < 1.29 is 41.8 Å². The molecule has 0 heterocycles. The summed E-state index contributed by atoms with van der Waals surface area (Å²) in [6, 6.07) is 8.87. The van der Waals surface area contributed by atoms with Crippen LogP contribution in [0.5, 0.6) is 17.2 Å². The normalized spacial score (nSPS) is 9.23. The number of carboxylic acid groups (broad SMARTS) is 1. The zero-order valence-electron chi connectivity index (χ0n) is 10.7. The smallest absolute Gasteiger partial charge is 0.510 e. The van der Waals surface area contributed by atoms with E-state index >= 15 is 0 Å². The Kier molecular flexibility index (Phi) is 8.88. The summed E-state index contributed by atoms with van der Waals surface area (Å²) in [6.07, 6.45) is -1.72. The van der Waals surface area contributed by atoms with Gasteiger partial charge in [0.25, 0.3) is 6.16 Å². The first kappa shape index (κ1) is 21.1. The van der Waals surface area contributed by atoms with Crippen LogP contribution in [0.15, 0.2) is 36.4 Å². The summed E-state index contributed by atoms with van der Waals surface area (Å²) in [5.41, 5.74) is 0. The van der Waals surface area contributed by atoms with Gasteiger partial charge in [0.1, 0.15) is 5.75 Å². The number of carbonyl (C=O) groups is 1. The number of benzene rings is 2. The van der Waals surface area contributed by atoms with E-state index in [0.29, 0.717) is 10.8 Å². The molecule has 3 N–H and O–H groups in total. The van der Waals surface area contributed by atoms with Gasteiger partial charge in [-0.1, -0.05) is 34.8 Å². The van der Waals surface area contributed by atoms with Gasteiger partial charge >= 0.3 is 22.4 Å². The SMILES string of the molecule is N.O=C([O-])Oc1cc(Cl)ccc1Oc1ccc(Cl)cc1Cl.[Ag+]. The van der Waals surface area contributed by atoms with Crippen LogP contribution in [0.25, 0.3) is 0 Å². The van der Waals surface area contributed by atoms with Crippen molar-refractivity contribution in [1.82, 2.24) is 6.15 Å². The zero-order chi connectivity index (χ0) is 14.7. The molecule has 0 bridgehead atoms. The molecule has 0 aromatic heterocycles. The van der Waals surface area contributed by atoms with Gasteiger partial charge in [-0.3, -0.25) is 0 Å². The Hall–Kier alpha value is -0.920. The molecule has 0 aliphatic heterocycles. The molecule has 0 amide bonds. The Balaban J connectivity index is 0.00000220. The molecule has 0 unspecified atom stereocenters. The van der Waals surface area contributed by atoms with E-state index in [1.54, 1.807) is 12.1 Å². The van der Waals surface area contributed by atoms with Crippen LogP contribution < -0.4 is 20.7 Å². The standard InChI is InChI=1S/C13H7Cl3O4.Ag.H3N/c14-7-1-3-10(9(16)5-7)19-11-4-2-8(15)6-12(11)20-13(17)18;;/h1-6H,(H,17,18);;1H3/q;+1;/p-1. The summed E-state index contributed by atoms with van der Waals surface area (Å²) in [6.45, 7) is 0. The molecule has 0 saturated carbocycles. The molecule has 0 saturated heterocycles.